The minimum absolute atomic E-state index is 0.101. The van der Waals surface area contributed by atoms with Gasteiger partial charge in [0.2, 0.25) is 0 Å². The van der Waals surface area contributed by atoms with Crippen LogP contribution in [0.4, 0.5) is 0 Å². The van der Waals surface area contributed by atoms with Crippen molar-refractivity contribution < 1.29 is 14.3 Å². The molecule has 1 unspecified atom stereocenters. The summed E-state index contributed by atoms with van der Waals surface area (Å²) in [5.74, 6) is 0.964. The van der Waals surface area contributed by atoms with E-state index in [2.05, 4.69) is 34.1 Å². The van der Waals surface area contributed by atoms with Gasteiger partial charge in [0.05, 0.1) is 18.4 Å². The van der Waals surface area contributed by atoms with Gasteiger partial charge in [0.1, 0.15) is 17.1 Å². The number of ether oxygens (including phenoxy) is 1. The molecular formula is C21H28N6O3. The molecule has 0 aromatic carbocycles. The van der Waals surface area contributed by atoms with E-state index >= 15 is 0 Å². The standard InChI is InChI=1S/C21H28N6O3/c1-14(2)10-25-18(28)17-13-27-9-6-22-20(27)21(30-17)4-7-26(8-5-21)19(29)16-12-23-15(3)11-24-16/h6,9,11-12,14,17H,4-5,7-8,10,13H2,1-3H3,(H,25,28). The highest BCUT2D eigenvalue weighted by molar-refractivity contribution is 5.92. The third-order valence-corrected chi connectivity index (χ3v) is 5.69. The molecule has 1 atom stereocenters. The van der Waals surface area contributed by atoms with Gasteiger partial charge in [-0.25, -0.2) is 9.97 Å². The lowest BCUT2D eigenvalue weighted by atomic mass is 9.88. The Morgan fingerprint density at radius 2 is 2.00 bits per heavy atom. The van der Waals surface area contributed by atoms with Gasteiger partial charge in [0, 0.05) is 51.1 Å². The Morgan fingerprint density at radius 3 is 2.67 bits per heavy atom. The number of rotatable bonds is 4. The first-order valence-corrected chi connectivity index (χ1v) is 10.4. The molecule has 2 aromatic heterocycles. The predicted molar refractivity (Wildman–Crippen MR) is 109 cm³/mol. The largest absolute Gasteiger partial charge is 0.354 e. The fourth-order valence-electron chi connectivity index (χ4n) is 4.03. The lowest BCUT2D eigenvalue weighted by Crippen LogP contribution is -2.55. The molecule has 4 heterocycles. The van der Waals surface area contributed by atoms with Gasteiger partial charge >= 0.3 is 0 Å². The topological polar surface area (TPSA) is 102 Å². The molecule has 4 rings (SSSR count). The number of fused-ring (bicyclic) bond motifs is 2. The molecule has 0 aliphatic carbocycles. The fraction of sp³-hybridized carbons (Fsp3) is 0.571. The predicted octanol–water partition coefficient (Wildman–Crippen LogP) is 1.28. The maximum Gasteiger partial charge on any atom is 0.274 e. The van der Waals surface area contributed by atoms with Crippen LogP contribution in [0.15, 0.2) is 24.8 Å². The molecule has 0 saturated carbocycles. The zero-order valence-corrected chi connectivity index (χ0v) is 17.7. The van der Waals surface area contributed by atoms with E-state index in [-0.39, 0.29) is 11.8 Å². The van der Waals surface area contributed by atoms with Crippen molar-refractivity contribution in [1.82, 2.24) is 29.7 Å². The summed E-state index contributed by atoms with van der Waals surface area (Å²) in [5, 5.41) is 2.97. The van der Waals surface area contributed by atoms with Crippen LogP contribution in [0.1, 0.15) is 48.7 Å². The van der Waals surface area contributed by atoms with Crippen molar-refractivity contribution in [3.8, 4) is 0 Å². The average molecular weight is 412 g/mol. The maximum absolute atomic E-state index is 12.8. The number of carbonyl (C=O) groups is 2. The molecule has 0 radical (unpaired) electrons. The van der Waals surface area contributed by atoms with Crippen LogP contribution in [-0.2, 0) is 21.7 Å². The zero-order chi connectivity index (χ0) is 21.3. The number of amides is 2. The minimum Gasteiger partial charge on any atom is -0.354 e. The van der Waals surface area contributed by atoms with E-state index in [1.807, 2.05) is 17.7 Å². The molecular weight excluding hydrogens is 384 g/mol. The van der Waals surface area contributed by atoms with Crippen molar-refractivity contribution in [1.29, 1.82) is 0 Å². The Morgan fingerprint density at radius 1 is 1.23 bits per heavy atom. The Kier molecular flexibility index (Phi) is 5.55. The number of piperidine rings is 1. The van der Waals surface area contributed by atoms with Crippen LogP contribution >= 0.6 is 0 Å². The third kappa shape index (κ3) is 3.94. The number of aryl methyl sites for hydroxylation is 1. The molecule has 30 heavy (non-hydrogen) atoms. The van der Waals surface area contributed by atoms with Gasteiger partial charge in [0.25, 0.3) is 11.8 Å². The molecule has 2 aliphatic heterocycles. The van der Waals surface area contributed by atoms with E-state index in [0.29, 0.717) is 50.6 Å². The van der Waals surface area contributed by atoms with Gasteiger partial charge in [-0.2, -0.15) is 0 Å². The van der Waals surface area contributed by atoms with Gasteiger partial charge in [0.15, 0.2) is 6.10 Å². The Hall–Kier alpha value is -2.81. The first-order valence-electron chi connectivity index (χ1n) is 10.4. The molecule has 2 amide bonds. The number of nitrogens with one attached hydrogen (secondary N) is 1. The monoisotopic (exact) mass is 412 g/mol. The van der Waals surface area contributed by atoms with Crippen molar-refractivity contribution in [2.24, 2.45) is 5.92 Å². The molecule has 1 N–H and O–H groups in total. The number of aromatic nitrogens is 4. The molecule has 160 valence electrons. The van der Waals surface area contributed by atoms with Gasteiger partial charge in [-0.1, -0.05) is 13.8 Å². The summed E-state index contributed by atoms with van der Waals surface area (Å²) in [6.45, 7) is 8.02. The van der Waals surface area contributed by atoms with Crippen LogP contribution in [-0.4, -0.2) is 62.0 Å². The second-order valence-electron chi connectivity index (χ2n) is 8.48. The third-order valence-electron chi connectivity index (χ3n) is 5.69. The zero-order valence-electron chi connectivity index (χ0n) is 17.7. The number of carbonyl (C=O) groups excluding carboxylic acids is 2. The average Bonchev–Trinajstić information content (AvgIpc) is 3.22. The quantitative estimate of drug-likeness (QED) is 0.812. The maximum atomic E-state index is 12.8. The first kappa shape index (κ1) is 20.5. The number of hydrogen-bond acceptors (Lipinski definition) is 6. The van der Waals surface area contributed by atoms with Crippen molar-refractivity contribution >= 4 is 11.8 Å². The van der Waals surface area contributed by atoms with Crippen molar-refractivity contribution in [3.63, 3.8) is 0 Å². The normalized spacial score (nSPS) is 20.3. The smallest absolute Gasteiger partial charge is 0.274 e. The van der Waals surface area contributed by atoms with Gasteiger partial charge < -0.3 is 19.5 Å². The minimum atomic E-state index is -0.669. The van der Waals surface area contributed by atoms with Gasteiger partial charge in [-0.3, -0.25) is 14.6 Å². The molecule has 2 aromatic rings. The van der Waals surface area contributed by atoms with Crippen molar-refractivity contribution in [2.45, 2.75) is 51.9 Å². The summed E-state index contributed by atoms with van der Waals surface area (Å²) in [5.41, 5.74) is 0.444. The highest BCUT2D eigenvalue weighted by Crippen LogP contribution is 2.40. The number of nitrogens with zero attached hydrogens (tertiary/aromatic N) is 5. The summed E-state index contributed by atoms with van der Waals surface area (Å²) in [6, 6.07) is 0. The van der Waals surface area contributed by atoms with Crippen molar-refractivity contribution in [2.75, 3.05) is 19.6 Å². The molecule has 0 bridgehead atoms. The van der Waals surface area contributed by atoms with Crippen LogP contribution in [0.2, 0.25) is 0 Å². The SMILES string of the molecule is Cc1cnc(C(=O)N2CCC3(CC2)OC(C(=O)NCC(C)C)Cn2ccnc23)cn1. The van der Waals surface area contributed by atoms with Crippen LogP contribution in [0.3, 0.4) is 0 Å². The van der Waals surface area contributed by atoms with Crippen LogP contribution < -0.4 is 5.32 Å². The Labute approximate surface area is 175 Å². The Balaban J connectivity index is 1.48. The van der Waals surface area contributed by atoms with Gasteiger partial charge in [-0.15, -0.1) is 0 Å². The highest BCUT2D eigenvalue weighted by Gasteiger charge is 2.47. The summed E-state index contributed by atoms with van der Waals surface area (Å²) >= 11 is 0. The summed E-state index contributed by atoms with van der Waals surface area (Å²) < 4.78 is 8.39. The second kappa shape index (κ2) is 8.14. The number of imidazole rings is 1. The van der Waals surface area contributed by atoms with Crippen LogP contribution in [0.25, 0.3) is 0 Å². The molecule has 1 fully saturated rings. The van der Waals surface area contributed by atoms with Gasteiger partial charge in [-0.05, 0) is 12.8 Å². The molecule has 2 aliphatic rings. The second-order valence-corrected chi connectivity index (χ2v) is 8.48. The highest BCUT2D eigenvalue weighted by atomic mass is 16.5. The van der Waals surface area contributed by atoms with Crippen molar-refractivity contribution in [3.05, 3.63) is 42.0 Å². The Bertz CT molecular complexity index is 915. The van der Waals surface area contributed by atoms with Crippen LogP contribution in [0.5, 0.6) is 0 Å². The van der Waals surface area contributed by atoms with Crippen LogP contribution in [0, 0.1) is 12.8 Å². The van der Waals surface area contributed by atoms with E-state index in [1.54, 1.807) is 17.3 Å². The van der Waals surface area contributed by atoms with E-state index in [9.17, 15) is 9.59 Å². The molecule has 9 nitrogen and oxygen atoms in total. The molecule has 1 saturated heterocycles. The number of hydrogen-bond donors (Lipinski definition) is 1. The fourth-order valence-corrected chi connectivity index (χ4v) is 4.03. The lowest BCUT2D eigenvalue weighted by molar-refractivity contribution is -0.172. The molecule has 1 spiro atoms. The first-order chi connectivity index (χ1) is 14.4. The summed E-state index contributed by atoms with van der Waals surface area (Å²) in [4.78, 5) is 40.1. The summed E-state index contributed by atoms with van der Waals surface area (Å²) in [6.07, 6.45) is 7.32. The lowest BCUT2D eigenvalue weighted by Gasteiger charge is -2.45. The summed E-state index contributed by atoms with van der Waals surface area (Å²) in [7, 11) is 0. The van der Waals surface area contributed by atoms with E-state index in [1.165, 1.54) is 6.20 Å². The van der Waals surface area contributed by atoms with E-state index in [4.69, 9.17) is 4.74 Å². The van der Waals surface area contributed by atoms with E-state index in [0.717, 1.165) is 11.5 Å². The van der Waals surface area contributed by atoms with E-state index < -0.39 is 11.7 Å². The molecule has 9 heteroatoms. The number of likely N-dealkylation sites (tertiary alicyclic amines) is 1.